The number of carbonyl (C=O) groups is 1. The third kappa shape index (κ3) is 4.37. The van der Waals surface area contributed by atoms with Crippen LogP contribution in [0.15, 0.2) is 76.7 Å². The number of rotatable bonds is 5. The molecule has 0 aliphatic rings. The molecule has 0 saturated heterocycles. The summed E-state index contributed by atoms with van der Waals surface area (Å²) >= 11 is 6.71. The fourth-order valence-corrected chi connectivity index (χ4v) is 4.15. The fourth-order valence-electron chi connectivity index (χ4n) is 3.07. The first-order valence-electron chi connectivity index (χ1n) is 9.54. The van der Waals surface area contributed by atoms with Gasteiger partial charge in [0.25, 0.3) is 5.56 Å². The zero-order chi connectivity index (χ0) is 22.8. The van der Waals surface area contributed by atoms with Crippen molar-refractivity contribution in [3.05, 3.63) is 93.7 Å². The van der Waals surface area contributed by atoms with Crippen molar-refractivity contribution in [1.29, 1.82) is 0 Å². The lowest BCUT2D eigenvalue weighted by molar-refractivity contribution is -0.115. The van der Waals surface area contributed by atoms with Crippen molar-refractivity contribution in [1.82, 2.24) is 9.55 Å². The Bertz CT molecular complexity index is 1390. The van der Waals surface area contributed by atoms with Crippen LogP contribution in [0.4, 0.5) is 14.5 Å². The monoisotopic (exact) mass is 471 g/mol. The Balaban J connectivity index is 1.73. The average molecular weight is 472 g/mol. The number of thioether (sulfide) groups is 1. The topological polar surface area (TPSA) is 64.0 Å². The molecule has 3 aromatic carbocycles. The lowest BCUT2D eigenvalue weighted by atomic mass is 10.2. The Hall–Kier alpha value is -3.23. The first-order valence-corrected chi connectivity index (χ1v) is 10.8. The Kier molecular flexibility index (Phi) is 6.25. The van der Waals surface area contributed by atoms with E-state index in [0.29, 0.717) is 10.9 Å². The van der Waals surface area contributed by atoms with E-state index in [-0.39, 0.29) is 21.6 Å². The molecule has 1 aromatic heterocycles. The van der Waals surface area contributed by atoms with Gasteiger partial charge in [0, 0.05) is 5.02 Å². The van der Waals surface area contributed by atoms with Crippen LogP contribution in [0.25, 0.3) is 16.6 Å². The van der Waals surface area contributed by atoms with Gasteiger partial charge < -0.3 is 5.32 Å². The molecule has 0 bridgehead atoms. The molecule has 0 radical (unpaired) electrons. The minimum Gasteiger partial charge on any atom is -0.323 e. The van der Waals surface area contributed by atoms with E-state index in [1.54, 1.807) is 37.3 Å². The summed E-state index contributed by atoms with van der Waals surface area (Å²) in [4.78, 5) is 30.4. The van der Waals surface area contributed by atoms with Gasteiger partial charge in [-0.05, 0) is 49.4 Å². The van der Waals surface area contributed by atoms with Crippen LogP contribution in [0, 0.1) is 11.6 Å². The molecule has 0 saturated carbocycles. The van der Waals surface area contributed by atoms with E-state index >= 15 is 0 Å². The van der Waals surface area contributed by atoms with E-state index < -0.39 is 28.4 Å². The van der Waals surface area contributed by atoms with E-state index in [1.165, 1.54) is 30.3 Å². The fraction of sp³-hybridized carbons (Fsp3) is 0.0870. The molecule has 162 valence electrons. The molecule has 0 aliphatic carbocycles. The van der Waals surface area contributed by atoms with Crippen LogP contribution < -0.4 is 10.9 Å². The molecule has 0 aliphatic heterocycles. The van der Waals surface area contributed by atoms with E-state index in [1.807, 2.05) is 0 Å². The second-order valence-electron chi connectivity index (χ2n) is 6.88. The third-order valence-corrected chi connectivity index (χ3v) is 5.97. The summed E-state index contributed by atoms with van der Waals surface area (Å²) < 4.78 is 29.8. The maximum Gasteiger partial charge on any atom is 0.266 e. The van der Waals surface area contributed by atoms with E-state index in [4.69, 9.17) is 11.6 Å². The van der Waals surface area contributed by atoms with Crippen LogP contribution in [-0.4, -0.2) is 20.7 Å². The zero-order valence-corrected chi connectivity index (χ0v) is 18.3. The lowest BCUT2D eigenvalue weighted by Gasteiger charge is -2.17. The van der Waals surface area contributed by atoms with Crippen molar-refractivity contribution in [2.75, 3.05) is 5.32 Å². The molecule has 0 fully saturated rings. The minimum absolute atomic E-state index is 0.0228. The van der Waals surface area contributed by atoms with Crippen molar-refractivity contribution in [3.63, 3.8) is 0 Å². The number of benzene rings is 3. The molecule has 32 heavy (non-hydrogen) atoms. The van der Waals surface area contributed by atoms with Crippen molar-refractivity contribution in [2.24, 2.45) is 0 Å². The van der Waals surface area contributed by atoms with Gasteiger partial charge in [-0.25, -0.2) is 13.8 Å². The van der Waals surface area contributed by atoms with E-state index in [9.17, 15) is 18.4 Å². The molecule has 1 heterocycles. The molecular weight excluding hydrogens is 456 g/mol. The Labute approximate surface area is 191 Å². The number of amides is 1. The standard InChI is InChI=1S/C23H16ClF2N3O2S/c1-13(21(30)27-19-11-10-14(24)12-17(19)26)32-23-28-18-8-4-2-6-15(18)22(31)29(23)20-9-5-3-7-16(20)25/h2-13H,1H3,(H,27,30). The van der Waals surface area contributed by atoms with Crippen LogP contribution in [0.5, 0.6) is 0 Å². The third-order valence-electron chi connectivity index (χ3n) is 4.68. The van der Waals surface area contributed by atoms with Gasteiger partial charge in [0.15, 0.2) is 5.16 Å². The summed E-state index contributed by atoms with van der Waals surface area (Å²) in [5.41, 5.74) is -0.0390. The van der Waals surface area contributed by atoms with Gasteiger partial charge >= 0.3 is 0 Å². The number of anilines is 1. The lowest BCUT2D eigenvalue weighted by Crippen LogP contribution is -2.27. The Morgan fingerprint density at radius 1 is 1.06 bits per heavy atom. The van der Waals surface area contributed by atoms with E-state index in [2.05, 4.69) is 10.3 Å². The van der Waals surface area contributed by atoms with E-state index in [0.717, 1.165) is 22.4 Å². The predicted octanol–water partition coefficient (Wildman–Crippen LogP) is 5.44. The normalized spacial score (nSPS) is 12.0. The van der Waals surface area contributed by atoms with Gasteiger partial charge in [-0.1, -0.05) is 47.6 Å². The largest absolute Gasteiger partial charge is 0.323 e. The van der Waals surface area contributed by atoms with Gasteiger partial charge in [-0.3, -0.25) is 14.2 Å². The molecule has 0 spiro atoms. The van der Waals surface area contributed by atoms with Gasteiger partial charge in [-0.15, -0.1) is 0 Å². The molecule has 4 aromatic rings. The Morgan fingerprint density at radius 3 is 2.53 bits per heavy atom. The first kappa shape index (κ1) is 22.0. The van der Waals surface area contributed by atoms with Crippen molar-refractivity contribution < 1.29 is 13.6 Å². The van der Waals surface area contributed by atoms with Crippen LogP contribution >= 0.6 is 23.4 Å². The van der Waals surface area contributed by atoms with Crippen LogP contribution in [0.3, 0.4) is 0 Å². The molecule has 9 heteroatoms. The maximum absolute atomic E-state index is 14.6. The van der Waals surface area contributed by atoms with Crippen molar-refractivity contribution >= 4 is 45.9 Å². The molecule has 1 unspecified atom stereocenters. The summed E-state index contributed by atoms with van der Waals surface area (Å²) in [5.74, 6) is -1.79. The predicted molar refractivity (Wildman–Crippen MR) is 123 cm³/mol. The highest BCUT2D eigenvalue weighted by Gasteiger charge is 2.22. The minimum atomic E-state index is -0.781. The van der Waals surface area contributed by atoms with Gasteiger partial charge in [0.2, 0.25) is 5.91 Å². The number of halogens is 3. The maximum atomic E-state index is 14.6. The highest BCUT2D eigenvalue weighted by Crippen LogP contribution is 2.27. The summed E-state index contributed by atoms with van der Waals surface area (Å²) in [6.07, 6.45) is 0. The average Bonchev–Trinajstić information content (AvgIpc) is 2.77. The molecular formula is C23H16ClF2N3O2S. The number of hydrogen-bond acceptors (Lipinski definition) is 4. The number of nitrogens with zero attached hydrogens (tertiary/aromatic N) is 2. The van der Waals surface area contributed by atoms with Gasteiger partial charge in [-0.2, -0.15) is 0 Å². The second kappa shape index (κ2) is 9.10. The number of hydrogen-bond donors (Lipinski definition) is 1. The molecule has 1 atom stereocenters. The number of aromatic nitrogens is 2. The highest BCUT2D eigenvalue weighted by molar-refractivity contribution is 8.00. The van der Waals surface area contributed by atoms with Crippen molar-refractivity contribution in [2.45, 2.75) is 17.3 Å². The summed E-state index contributed by atoms with van der Waals surface area (Å²) in [5, 5.41) is 2.38. The molecule has 1 amide bonds. The van der Waals surface area contributed by atoms with Crippen LogP contribution in [0.1, 0.15) is 6.92 Å². The smallest absolute Gasteiger partial charge is 0.266 e. The number of carbonyl (C=O) groups excluding carboxylic acids is 1. The SMILES string of the molecule is CC(Sc1nc2ccccc2c(=O)n1-c1ccccc1F)C(=O)Nc1ccc(Cl)cc1F. The summed E-state index contributed by atoms with van der Waals surface area (Å²) in [7, 11) is 0. The number of fused-ring (bicyclic) bond motifs is 1. The number of para-hydroxylation sites is 2. The van der Waals surface area contributed by atoms with Gasteiger partial charge in [0.05, 0.1) is 27.5 Å². The second-order valence-corrected chi connectivity index (χ2v) is 8.62. The van der Waals surface area contributed by atoms with Crippen molar-refractivity contribution in [3.8, 4) is 5.69 Å². The summed E-state index contributed by atoms with van der Waals surface area (Å²) in [6, 6.07) is 16.4. The quantitative estimate of drug-likeness (QED) is 0.311. The molecule has 5 nitrogen and oxygen atoms in total. The first-order chi connectivity index (χ1) is 15.3. The van der Waals surface area contributed by atoms with Gasteiger partial charge in [0.1, 0.15) is 11.6 Å². The van der Waals surface area contributed by atoms with Crippen LogP contribution in [-0.2, 0) is 4.79 Å². The molecule has 4 rings (SSSR count). The van der Waals surface area contributed by atoms with Crippen LogP contribution in [0.2, 0.25) is 5.02 Å². The number of nitrogens with one attached hydrogen (secondary N) is 1. The zero-order valence-electron chi connectivity index (χ0n) is 16.7. The Morgan fingerprint density at radius 2 is 1.78 bits per heavy atom. The highest BCUT2D eigenvalue weighted by atomic mass is 35.5. The molecule has 1 N–H and O–H groups in total. The summed E-state index contributed by atoms with van der Waals surface area (Å²) in [6.45, 7) is 1.58.